The first-order valence-corrected chi connectivity index (χ1v) is 14.0. The molecule has 2 aliphatic rings. The van der Waals surface area contributed by atoms with Gasteiger partial charge in [-0.25, -0.2) is 0 Å². The van der Waals surface area contributed by atoms with Crippen LogP contribution in [0.2, 0.25) is 0 Å². The number of aromatic nitrogens is 2. The number of carbonyl (C=O) groups excluding carboxylic acids is 1. The average molecular weight is 518 g/mol. The summed E-state index contributed by atoms with van der Waals surface area (Å²) in [5, 5.41) is 8.98. The second-order valence-corrected chi connectivity index (χ2v) is 10.5. The largest absolute Gasteiger partial charge is 0.354 e. The van der Waals surface area contributed by atoms with E-state index in [1.54, 1.807) is 0 Å². The molecule has 4 aromatic rings. The molecular weight excluding hydrogens is 482 g/mol. The molecule has 1 unspecified atom stereocenters. The van der Waals surface area contributed by atoms with Crippen molar-refractivity contribution in [3.05, 3.63) is 114 Å². The molecule has 0 N–H and O–H groups in total. The standard InChI is InChI=1S/C33H35N5O/c39-33(29-17-10-20-38(25-29)31-19-18-30(34-35-31)26-11-4-1-5-12-26)37-23-21-36(22-24-37)32(27-13-6-2-7-14-27)28-15-8-3-9-16-28/h1-9,11-16,18-19,29,32H,10,17,20-25H2. The van der Waals surface area contributed by atoms with Crippen molar-refractivity contribution in [1.82, 2.24) is 20.0 Å². The number of nitrogens with zero attached hydrogens (tertiary/aromatic N) is 5. The van der Waals surface area contributed by atoms with Crippen molar-refractivity contribution in [1.29, 1.82) is 0 Å². The van der Waals surface area contributed by atoms with Gasteiger partial charge in [-0.15, -0.1) is 10.2 Å². The van der Waals surface area contributed by atoms with Crippen LogP contribution in [-0.2, 0) is 4.79 Å². The van der Waals surface area contributed by atoms with Gasteiger partial charge in [0.15, 0.2) is 5.82 Å². The fourth-order valence-corrected chi connectivity index (χ4v) is 5.99. The van der Waals surface area contributed by atoms with Gasteiger partial charge < -0.3 is 9.80 Å². The van der Waals surface area contributed by atoms with Crippen LogP contribution in [0.25, 0.3) is 11.3 Å². The Morgan fingerprint density at radius 1 is 0.692 bits per heavy atom. The lowest BCUT2D eigenvalue weighted by Gasteiger charge is -2.42. The average Bonchev–Trinajstić information content (AvgIpc) is 3.03. The summed E-state index contributed by atoms with van der Waals surface area (Å²) in [4.78, 5) is 20.5. The van der Waals surface area contributed by atoms with Crippen LogP contribution in [0.1, 0.15) is 30.0 Å². The lowest BCUT2D eigenvalue weighted by molar-refractivity contribution is -0.137. The maximum absolute atomic E-state index is 13.6. The van der Waals surface area contributed by atoms with Crippen LogP contribution in [0.5, 0.6) is 0 Å². The highest BCUT2D eigenvalue weighted by atomic mass is 16.2. The number of anilines is 1. The quantitative estimate of drug-likeness (QED) is 0.348. The molecule has 6 nitrogen and oxygen atoms in total. The SMILES string of the molecule is O=C(C1CCCN(c2ccc(-c3ccccc3)nn2)C1)N1CCN(C(c2ccccc2)c2ccccc2)CC1. The van der Waals surface area contributed by atoms with E-state index in [9.17, 15) is 4.79 Å². The molecule has 6 rings (SSSR count). The molecule has 2 saturated heterocycles. The van der Waals surface area contributed by atoms with Crippen LogP contribution in [0.3, 0.4) is 0 Å². The van der Waals surface area contributed by atoms with Crippen molar-refractivity contribution in [2.45, 2.75) is 18.9 Å². The first-order chi connectivity index (χ1) is 19.3. The summed E-state index contributed by atoms with van der Waals surface area (Å²) in [5.74, 6) is 1.13. The minimum atomic E-state index is -0.0000523. The molecule has 0 spiro atoms. The summed E-state index contributed by atoms with van der Waals surface area (Å²) >= 11 is 0. The van der Waals surface area contributed by atoms with Gasteiger partial charge in [0, 0.05) is 44.8 Å². The number of benzene rings is 3. The number of rotatable bonds is 6. The van der Waals surface area contributed by atoms with Crippen LogP contribution in [0.15, 0.2) is 103 Å². The summed E-state index contributed by atoms with van der Waals surface area (Å²) in [6.45, 7) is 4.86. The highest BCUT2D eigenvalue weighted by Gasteiger charge is 2.33. The lowest BCUT2D eigenvalue weighted by atomic mass is 9.95. The van der Waals surface area contributed by atoms with Crippen molar-refractivity contribution in [3.63, 3.8) is 0 Å². The zero-order valence-corrected chi connectivity index (χ0v) is 22.3. The van der Waals surface area contributed by atoms with Crippen LogP contribution in [0.4, 0.5) is 5.82 Å². The third-order valence-electron chi connectivity index (χ3n) is 8.04. The third-order valence-corrected chi connectivity index (χ3v) is 8.04. The summed E-state index contributed by atoms with van der Waals surface area (Å²) in [7, 11) is 0. The Balaban J connectivity index is 1.09. The van der Waals surface area contributed by atoms with Gasteiger partial charge in [0.05, 0.1) is 17.7 Å². The van der Waals surface area contributed by atoms with Gasteiger partial charge in [-0.05, 0) is 36.1 Å². The van der Waals surface area contributed by atoms with Crippen molar-refractivity contribution >= 4 is 11.7 Å². The Morgan fingerprint density at radius 3 is 1.90 bits per heavy atom. The molecule has 6 heteroatoms. The van der Waals surface area contributed by atoms with Crippen molar-refractivity contribution in [3.8, 4) is 11.3 Å². The molecule has 2 fully saturated rings. The van der Waals surface area contributed by atoms with Crippen LogP contribution in [0, 0.1) is 5.92 Å². The lowest BCUT2D eigenvalue weighted by Crippen LogP contribution is -2.53. The third kappa shape index (κ3) is 5.71. The summed E-state index contributed by atoms with van der Waals surface area (Å²) in [5.41, 5.74) is 4.52. The Morgan fingerprint density at radius 2 is 1.31 bits per heavy atom. The van der Waals surface area contributed by atoms with Crippen molar-refractivity contribution < 1.29 is 4.79 Å². The molecule has 3 heterocycles. The van der Waals surface area contributed by atoms with Gasteiger partial charge in [0.25, 0.3) is 0 Å². The second kappa shape index (κ2) is 11.8. The smallest absolute Gasteiger partial charge is 0.227 e. The topological polar surface area (TPSA) is 52.6 Å². The molecule has 1 atom stereocenters. The van der Waals surface area contributed by atoms with Crippen LogP contribution < -0.4 is 4.90 Å². The van der Waals surface area contributed by atoms with E-state index in [2.05, 4.69) is 85.6 Å². The number of hydrogen-bond donors (Lipinski definition) is 0. The zero-order chi connectivity index (χ0) is 26.4. The Bertz CT molecular complexity index is 1300. The number of piperazine rings is 1. The summed E-state index contributed by atoms with van der Waals surface area (Å²) < 4.78 is 0. The maximum atomic E-state index is 13.6. The minimum Gasteiger partial charge on any atom is -0.354 e. The molecule has 2 aliphatic heterocycles. The Hall–Kier alpha value is -4.03. The fraction of sp³-hybridized carbons (Fsp3) is 0.303. The number of amides is 1. The van der Waals surface area contributed by atoms with Gasteiger partial charge in [-0.1, -0.05) is 91.0 Å². The second-order valence-electron chi connectivity index (χ2n) is 10.5. The molecule has 0 radical (unpaired) electrons. The van der Waals surface area contributed by atoms with Gasteiger partial charge in [0.2, 0.25) is 5.91 Å². The molecule has 3 aromatic carbocycles. The molecule has 0 aliphatic carbocycles. The number of carbonyl (C=O) groups is 1. The Kier molecular flexibility index (Phi) is 7.63. The van der Waals surface area contributed by atoms with Crippen LogP contribution >= 0.6 is 0 Å². The summed E-state index contributed by atoms with van der Waals surface area (Å²) in [6.07, 6.45) is 1.92. The number of hydrogen-bond acceptors (Lipinski definition) is 5. The number of piperidine rings is 1. The molecule has 1 aromatic heterocycles. The maximum Gasteiger partial charge on any atom is 0.227 e. The van der Waals surface area contributed by atoms with Crippen molar-refractivity contribution in [2.75, 3.05) is 44.2 Å². The molecular formula is C33H35N5O. The highest BCUT2D eigenvalue weighted by Crippen LogP contribution is 2.30. The van der Waals surface area contributed by atoms with E-state index in [1.807, 2.05) is 42.5 Å². The van der Waals surface area contributed by atoms with E-state index in [0.717, 1.165) is 62.6 Å². The van der Waals surface area contributed by atoms with Crippen LogP contribution in [-0.4, -0.2) is 65.2 Å². The monoisotopic (exact) mass is 517 g/mol. The molecule has 0 bridgehead atoms. The van der Waals surface area contributed by atoms with E-state index in [4.69, 9.17) is 0 Å². The van der Waals surface area contributed by atoms with Gasteiger partial charge in [0.1, 0.15) is 0 Å². The molecule has 39 heavy (non-hydrogen) atoms. The van der Waals surface area contributed by atoms with E-state index in [1.165, 1.54) is 11.1 Å². The van der Waals surface area contributed by atoms with Gasteiger partial charge in [-0.2, -0.15) is 0 Å². The zero-order valence-electron chi connectivity index (χ0n) is 22.3. The fourth-order valence-electron chi connectivity index (χ4n) is 5.99. The molecule has 198 valence electrons. The normalized spacial score (nSPS) is 18.3. The highest BCUT2D eigenvalue weighted by molar-refractivity contribution is 5.80. The van der Waals surface area contributed by atoms with E-state index >= 15 is 0 Å². The Labute approximate surface area is 230 Å². The molecule has 0 saturated carbocycles. The van der Waals surface area contributed by atoms with E-state index in [0.29, 0.717) is 6.54 Å². The first kappa shape index (κ1) is 25.3. The van der Waals surface area contributed by atoms with Gasteiger partial charge >= 0.3 is 0 Å². The van der Waals surface area contributed by atoms with E-state index in [-0.39, 0.29) is 17.9 Å². The summed E-state index contributed by atoms with van der Waals surface area (Å²) in [6, 6.07) is 35.8. The predicted octanol–water partition coefficient (Wildman–Crippen LogP) is 5.29. The first-order valence-electron chi connectivity index (χ1n) is 14.0. The predicted molar refractivity (Wildman–Crippen MR) is 155 cm³/mol. The molecule has 1 amide bonds. The van der Waals surface area contributed by atoms with E-state index < -0.39 is 0 Å². The minimum absolute atomic E-state index is 0.0000523. The van der Waals surface area contributed by atoms with Gasteiger partial charge in [-0.3, -0.25) is 9.69 Å². The van der Waals surface area contributed by atoms with Crippen molar-refractivity contribution in [2.24, 2.45) is 5.92 Å².